The summed E-state index contributed by atoms with van der Waals surface area (Å²) < 4.78 is 0. The third-order valence-corrected chi connectivity index (χ3v) is 6.35. The van der Waals surface area contributed by atoms with Gasteiger partial charge in [0.1, 0.15) is 5.41 Å². The van der Waals surface area contributed by atoms with Gasteiger partial charge in [-0.25, -0.2) is 0 Å². The van der Waals surface area contributed by atoms with Crippen molar-refractivity contribution >= 4 is 23.2 Å². The smallest absolute Gasteiger partial charge is 0.271 e. The lowest BCUT2D eigenvalue weighted by atomic mass is 9.75. The Morgan fingerprint density at radius 1 is 1.04 bits per heavy atom. The van der Waals surface area contributed by atoms with Gasteiger partial charge in [0, 0.05) is 4.88 Å². The number of nitrogens with one attached hydrogen (secondary N) is 2. The number of carbonyl (C=O) groups is 2. The zero-order valence-corrected chi connectivity index (χ0v) is 14.6. The second-order valence-electron chi connectivity index (χ2n) is 6.78. The predicted molar refractivity (Wildman–Crippen MR) is 92.3 cm³/mol. The molecule has 1 aromatic rings. The van der Waals surface area contributed by atoms with E-state index in [2.05, 4.69) is 16.9 Å². The first-order chi connectivity index (χ1) is 11.6. The second-order valence-corrected chi connectivity index (χ2v) is 7.92. The Balaban J connectivity index is 1.61. The van der Waals surface area contributed by atoms with Crippen molar-refractivity contribution in [3.05, 3.63) is 21.4 Å². The number of nitriles is 1. The van der Waals surface area contributed by atoms with E-state index in [0.29, 0.717) is 17.7 Å². The third kappa shape index (κ3) is 3.46. The quantitative estimate of drug-likeness (QED) is 0.637. The summed E-state index contributed by atoms with van der Waals surface area (Å²) in [5.41, 5.74) is 5.27. The summed E-state index contributed by atoms with van der Waals surface area (Å²) in [6.45, 7) is 0. The van der Waals surface area contributed by atoms with Crippen molar-refractivity contribution in [2.75, 3.05) is 0 Å². The van der Waals surface area contributed by atoms with Crippen LogP contribution in [0.2, 0.25) is 0 Å². The number of rotatable bonds is 2. The van der Waals surface area contributed by atoms with Crippen molar-refractivity contribution in [2.24, 2.45) is 5.41 Å². The summed E-state index contributed by atoms with van der Waals surface area (Å²) in [5.74, 6) is -0.665. The first-order valence-corrected chi connectivity index (χ1v) is 9.60. The lowest BCUT2D eigenvalue weighted by Gasteiger charge is -2.28. The molecule has 0 saturated heterocycles. The molecule has 0 unspecified atom stereocenters. The normalized spacial score (nSPS) is 19.5. The molecule has 0 aromatic carbocycles. The Morgan fingerprint density at radius 3 is 2.50 bits per heavy atom. The van der Waals surface area contributed by atoms with Gasteiger partial charge < -0.3 is 0 Å². The highest BCUT2D eigenvalue weighted by atomic mass is 32.1. The van der Waals surface area contributed by atoms with Crippen LogP contribution in [0.3, 0.4) is 0 Å². The largest absolute Gasteiger partial charge is 0.279 e. The summed E-state index contributed by atoms with van der Waals surface area (Å²) in [6, 6.07) is 4.12. The number of hydrogen-bond acceptors (Lipinski definition) is 4. The Labute approximate surface area is 146 Å². The first-order valence-electron chi connectivity index (χ1n) is 8.78. The van der Waals surface area contributed by atoms with E-state index in [0.717, 1.165) is 32.1 Å². The van der Waals surface area contributed by atoms with E-state index in [1.807, 2.05) is 6.07 Å². The van der Waals surface area contributed by atoms with Crippen LogP contribution in [-0.2, 0) is 17.6 Å². The number of hydrazine groups is 1. The maximum Gasteiger partial charge on any atom is 0.279 e. The molecule has 0 aliphatic heterocycles. The molecule has 1 saturated carbocycles. The highest BCUT2D eigenvalue weighted by molar-refractivity contribution is 7.14. The zero-order valence-electron chi connectivity index (χ0n) is 13.8. The minimum atomic E-state index is -0.988. The van der Waals surface area contributed by atoms with Crippen LogP contribution in [-0.4, -0.2) is 11.8 Å². The molecular weight excluding hydrogens is 322 g/mol. The van der Waals surface area contributed by atoms with Crippen molar-refractivity contribution < 1.29 is 9.59 Å². The molecule has 1 heterocycles. The van der Waals surface area contributed by atoms with Crippen molar-refractivity contribution in [1.82, 2.24) is 10.9 Å². The van der Waals surface area contributed by atoms with Gasteiger partial charge in [-0.3, -0.25) is 20.4 Å². The lowest BCUT2D eigenvalue weighted by Crippen LogP contribution is -2.49. The molecule has 2 amide bonds. The van der Waals surface area contributed by atoms with Gasteiger partial charge in [-0.1, -0.05) is 25.7 Å². The molecule has 2 aliphatic rings. The Hall–Kier alpha value is -1.87. The van der Waals surface area contributed by atoms with Crippen molar-refractivity contribution in [3.63, 3.8) is 0 Å². The van der Waals surface area contributed by atoms with E-state index in [1.165, 1.54) is 41.0 Å². The minimum absolute atomic E-state index is 0.287. The van der Waals surface area contributed by atoms with Gasteiger partial charge in [-0.15, -0.1) is 11.3 Å². The Bertz CT molecular complexity index is 645. The average molecular weight is 345 g/mol. The standard InChI is InChI=1S/C18H23N3O2S/c19-12-18(9-5-2-6-10-18)17(23)21-20-16(22)15-11-13-7-3-1-4-8-14(13)24-15/h11H,1-10H2,(H,20,22)(H,21,23). The molecule has 5 nitrogen and oxygen atoms in total. The van der Waals surface area contributed by atoms with Crippen LogP contribution >= 0.6 is 11.3 Å². The maximum absolute atomic E-state index is 12.4. The molecule has 24 heavy (non-hydrogen) atoms. The van der Waals surface area contributed by atoms with Gasteiger partial charge in [0.05, 0.1) is 10.9 Å². The van der Waals surface area contributed by atoms with Crippen molar-refractivity contribution in [3.8, 4) is 6.07 Å². The van der Waals surface area contributed by atoms with Crippen LogP contribution in [0.15, 0.2) is 6.07 Å². The monoisotopic (exact) mass is 345 g/mol. The van der Waals surface area contributed by atoms with Gasteiger partial charge in [-0.2, -0.15) is 5.26 Å². The van der Waals surface area contributed by atoms with Crippen LogP contribution < -0.4 is 10.9 Å². The summed E-state index contributed by atoms with van der Waals surface area (Å²) in [6.07, 6.45) is 9.62. The van der Waals surface area contributed by atoms with E-state index < -0.39 is 5.41 Å². The van der Waals surface area contributed by atoms with E-state index >= 15 is 0 Å². The van der Waals surface area contributed by atoms with E-state index in [9.17, 15) is 14.9 Å². The molecule has 0 atom stereocenters. The van der Waals surface area contributed by atoms with Crippen LogP contribution in [0.25, 0.3) is 0 Å². The number of hydrogen-bond donors (Lipinski definition) is 2. The van der Waals surface area contributed by atoms with Crippen LogP contribution in [0.4, 0.5) is 0 Å². The molecule has 0 bridgehead atoms. The summed E-state index contributed by atoms with van der Waals surface area (Å²) in [7, 11) is 0. The summed E-state index contributed by atoms with van der Waals surface area (Å²) in [4.78, 5) is 26.6. The number of nitrogens with zero attached hydrogens (tertiary/aromatic N) is 1. The zero-order chi connectivity index (χ0) is 17.0. The van der Waals surface area contributed by atoms with Crippen LogP contribution in [0.5, 0.6) is 0 Å². The average Bonchev–Trinajstić information content (AvgIpc) is 2.90. The number of carbonyl (C=O) groups excluding carboxylic acids is 2. The number of amides is 2. The topological polar surface area (TPSA) is 82.0 Å². The molecule has 6 heteroatoms. The molecule has 2 N–H and O–H groups in total. The van der Waals surface area contributed by atoms with Gasteiger partial charge in [0.25, 0.3) is 11.8 Å². The summed E-state index contributed by atoms with van der Waals surface area (Å²) in [5, 5.41) is 9.41. The second kappa shape index (κ2) is 7.35. The number of aryl methyl sites for hydroxylation is 2. The number of thiophene rings is 1. The van der Waals surface area contributed by atoms with Gasteiger partial charge in [0.2, 0.25) is 0 Å². The highest BCUT2D eigenvalue weighted by Gasteiger charge is 2.40. The fraction of sp³-hybridized carbons (Fsp3) is 0.611. The molecular formula is C18H23N3O2S. The Kier molecular flexibility index (Phi) is 5.20. The number of fused-ring (bicyclic) bond motifs is 1. The van der Waals surface area contributed by atoms with Crippen molar-refractivity contribution in [1.29, 1.82) is 5.26 Å². The molecule has 3 rings (SSSR count). The fourth-order valence-corrected chi connectivity index (χ4v) is 4.77. The van der Waals surface area contributed by atoms with Crippen LogP contribution in [0, 0.1) is 16.7 Å². The molecule has 128 valence electrons. The molecule has 2 aliphatic carbocycles. The van der Waals surface area contributed by atoms with Gasteiger partial charge in [-0.05, 0) is 50.2 Å². The van der Waals surface area contributed by atoms with E-state index in [4.69, 9.17) is 0 Å². The van der Waals surface area contributed by atoms with E-state index in [1.54, 1.807) is 0 Å². The minimum Gasteiger partial charge on any atom is -0.271 e. The molecule has 0 spiro atoms. The van der Waals surface area contributed by atoms with Gasteiger partial charge >= 0.3 is 0 Å². The molecule has 0 radical (unpaired) electrons. The first kappa shape index (κ1) is 17.0. The lowest BCUT2D eigenvalue weighted by molar-refractivity contribution is -0.130. The van der Waals surface area contributed by atoms with Gasteiger partial charge in [0.15, 0.2) is 0 Å². The molecule has 1 aromatic heterocycles. The molecule has 1 fully saturated rings. The maximum atomic E-state index is 12.4. The third-order valence-electron chi connectivity index (χ3n) is 5.12. The SMILES string of the molecule is N#CC1(C(=O)NNC(=O)c2cc3c(s2)CCCCC3)CCCCC1. The Morgan fingerprint density at radius 2 is 1.75 bits per heavy atom. The fourth-order valence-electron chi connectivity index (χ4n) is 3.62. The van der Waals surface area contributed by atoms with Crippen molar-refractivity contribution in [2.45, 2.75) is 64.2 Å². The summed E-state index contributed by atoms with van der Waals surface area (Å²) >= 11 is 1.52. The highest BCUT2D eigenvalue weighted by Crippen LogP contribution is 2.35. The predicted octanol–water partition coefficient (Wildman–Crippen LogP) is 3.25. The van der Waals surface area contributed by atoms with Crippen LogP contribution in [0.1, 0.15) is 71.5 Å². The van der Waals surface area contributed by atoms with E-state index in [-0.39, 0.29) is 11.8 Å².